The predicted molar refractivity (Wildman–Crippen MR) is 75.8 cm³/mol. The zero-order chi connectivity index (χ0) is 15.4. The Morgan fingerprint density at radius 3 is 2.81 bits per heavy atom. The van der Waals surface area contributed by atoms with Gasteiger partial charge in [0.15, 0.2) is 0 Å². The third-order valence-electron chi connectivity index (χ3n) is 2.94. The maximum absolute atomic E-state index is 13.3. The monoisotopic (exact) mass is 284 g/mol. The molecular formula is C16H13FN2O2. The highest BCUT2D eigenvalue weighted by atomic mass is 19.1. The number of nitriles is 1. The number of ether oxygens (including phenoxy) is 1. The molecule has 0 aromatic heterocycles. The molecule has 0 radical (unpaired) electrons. The number of hydrogen-bond donors (Lipinski definition) is 1. The molecular weight excluding hydrogens is 271 g/mol. The standard InChI is InChI=1S/C16H13FN2O2/c1-10-2-3-14(19)7-15(10)16(20)21-9-12-4-11(8-18)5-13(17)6-12/h2-7H,9,19H2,1H3. The Labute approximate surface area is 121 Å². The maximum atomic E-state index is 13.3. The molecule has 4 nitrogen and oxygen atoms in total. The van der Waals surface area contributed by atoms with E-state index in [-0.39, 0.29) is 12.2 Å². The average Bonchev–Trinajstić information content (AvgIpc) is 2.46. The van der Waals surface area contributed by atoms with Gasteiger partial charge in [-0.2, -0.15) is 5.26 Å². The number of esters is 1. The second-order valence-corrected chi connectivity index (χ2v) is 4.61. The second kappa shape index (κ2) is 6.06. The number of rotatable bonds is 3. The summed E-state index contributed by atoms with van der Waals surface area (Å²) in [4.78, 5) is 12.0. The summed E-state index contributed by atoms with van der Waals surface area (Å²) in [6.45, 7) is 1.66. The van der Waals surface area contributed by atoms with Crippen LogP contribution in [0.4, 0.5) is 10.1 Å². The molecule has 0 spiro atoms. The molecule has 0 saturated carbocycles. The lowest BCUT2D eigenvalue weighted by Crippen LogP contribution is -2.08. The van der Waals surface area contributed by atoms with Gasteiger partial charge in [0.05, 0.1) is 17.2 Å². The Morgan fingerprint density at radius 2 is 2.10 bits per heavy atom. The quantitative estimate of drug-likeness (QED) is 0.694. The molecule has 2 aromatic rings. The van der Waals surface area contributed by atoms with Crippen LogP contribution < -0.4 is 5.73 Å². The van der Waals surface area contributed by atoms with Gasteiger partial charge in [-0.15, -0.1) is 0 Å². The fraction of sp³-hybridized carbons (Fsp3) is 0.125. The minimum atomic E-state index is -0.541. The summed E-state index contributed by atoms with van der Waals surface area (Å²) in [7, 11) is 0. The lowest BCUT2D eigenvalue weighted by molar-refractivity contribution is 0.0471. The Kier molecular flexibility index (Phi) is 4.19. The van der Waals surface area contributed by atoms with Crippen LogP contribution in [-0.2, 0) is 11.3 Å². The minimum Gasteiger partial charge on any atom is -0.457 e. The van der Waals surface area contributed by atoms with E-state index in [4.69, 9.17) is 15.7 Å². The van der Waals surface area contributed by atoms with Crippen molar-refractivity contribution >= 4 is 11.7 Å². The van der Waals surface area contributed by atoms with Crippen molar-refractivity contribution in [1.29, 1.82) is 5.26 Å². The van der Waals surface area contributed by atoms with Crippen LogP contribution >= 0.6 is 0 Å². The van der Waals surface area contributed by atoms with E-state index < -0.39 is 11.8 Å². The normalized spacial score (nSPS) is 9.95. The molecule has 21 heavy (non-hydrogen) atoms. The topological polar surface area (TPSA) is 76.1 Å². The first-order valence-corrected chi connectivity index (χ1v) is 6.22. The molecule has 2 rings (SSSR count). The van der Waals surface area contributed by atoms with Crippen molar-refractivity contribution in [3.8, 4) is 6.07 Å². The molecule has 2 aromatic carbocycles. The number of anilines is 1. The van der Waals surface area contributed by atoms with Gasteiger partial charge in [0.2, 0.25) is 0 Å². The van der Waals surface area contributed by atoms with E-state index >= 15 is 0 Å². The molecule has 106 valence electrons. The van der Waals surface area contributed by atoms with E-state index in [1.54, 1.807) is 19.1 Å². The van der Waals surface area contributed by atoms with Crippen LogP contribution in [0.25, 0.3) is 0 Å². The van der Waals surface area contributed by atoms with Crippen LogP contribution in [0.5, 0.6) is 0 Å². The molecule has 0 heterocycles. The van der Waals surface area contributed by atoms with Gasteiger partial charge in [-0.3, -0.25) is 0 Å². The fourth-order valence-electron chi connectivity index (χ4n) is 1.88. The van der Waals surface area contributed by atoms with Crippen molar-refractivity contribution in [2.75, 3.05) is 5.73 Å². The predicted octanol–water partition coefficient (Wildman–Crippen LogP) is 2.95. The second-order valence-electron chi connectivity index (χ2n) is 4.61. The molecule has 0 aliphatic rings. The van der Waals surface area contributed by atoms with Crippen molar-refractivity contribution in [3.63, 3.8) is 0 Å². The summed E-state index contributed by atoms with van der Waals surface area (Å²) in [5, 5.41) is 8.77. The van der Waals surface area contributed by atoms with E-state index in [0.29, 0.717) is 16.8 Å². The number of aryl methyl sites for hydroxylation is 1. The van der Waals surface area contributed by atoms with E-state index in [2.05, 4.69) is 0 Å². The fourth-order valence-corrected chi connectivity index (χ4v) is 1.88. The number of nitrogens with two attached hydrogens (primary N) is 1. The van der Waals surface area contributed by atoms with Gasteiger partial charge in [0.1, 0.15) is 12.4 Å². The lowest BCUT2D eigenvalue weighted by atomic mass is 10.1. The average molecular weight is 284 g/mol. The van der Waals surface area contributed by atoms with Gasteiger partial charge in [-0.25, -0.2) is 9.18 Å². The summed E-state index contributed by atoms with van der Waals surface area (Å²) in [6, 6.07) is 10.6. The lowest BCUT2D eigenvalue weighted by Gasteiger charge is -2.08. The van der Waals surface area contributed by atoms with Crippen LogP contribution in [-0.4, -0.2) is 5.97 Å². The molecule has 0 aliphatic heterocycles. The number of nitrogens with zero attached hydrogens (tertiary/aromatic N) is 1. The number of carbonyl (C=O) groups is 1. The van der Waals surface area contributed by atoms with Crippen molar-refractivity contribution in [1.82, 2.24) is 0 Å². The van der Waals surface area contributed by atoms with Gasteiger partial charge in [-0.1, -0.05) is 6.07 Å². The van der Waals surface area contributed by atoms with Gasteiger partial charge in [0.25, 0.3) is 0 Å². The van der Waals surface area contributed by atoms with Crippen LogP contribution in [0.15, 0.2) is 36.4 Å². The van der Waals surface area contributed by atoms with E-state index in [1.165, 1.54) is 18.2 Å². The number of hydrogen-bond acceptors (Lipinski definition) is 4. The summed E-state index contributed by atoms with van der Waals surface area (Å²) in [5.74, 6) is -1.08. The van der Waals surface area contributed by atoms with Crippen LogP contribution in [0.2, 0.25) is 0 Å². The molecule has 0 atom stereocenters. The third kappa shape index (κ3) is 3.57. The van der Waals surface area contributed by atoms with Gasteiger partial charge in [-0.05, 0) is 48.4 Å². The first-order valence-electron chi connectivity index (χ1n) is 6.22. The molecule has 5 heteroatoms. The molecule has 2 N–H and O–H groups in total. The van der Waals surface area contributed by atoms with Crippen molar-refractivity contribution < 1.29 is 13.9 Å². The zero-order valence-corrected chi connectivity index (χ0v) is 11.4. The number of carbonyl (C=O) groups excluding carboxylic acids is 1. The number of halogens is 1. The van der Waals surface area contributed by atoms with Gasteiger partial charge < -0.3 is 10.5 Å². The highest BCUT2D eigenvalue weighted by molar-refractivity contribution is 5.92. The van der Waals surface area contributed by atoms with Crippen molar-refractivity contribution in [2.45, 2.75) is 13.5 Å². The van der Waals surface area contributed by atoms with Gasteiger partial charge >= 0.3 is 5.97 Å². The highest BCUT2D eigenvalue weighted by Gasteiger charge is 2.11. The Morgan fingerprint density at radius 1 is 1.33 bits per heavy atom. The first-order chi connectivity index (χ1) is 9.99. The summed E-state index contributed by atoms with van der Waals surface area (Å²) in [6.07, 6.45) is 0. The third-order valence-corrected chi connectivity index (χ3v) is 2.94. The molecule has 0 saturated heterocycles. The molecule has 0 amide bonds. The first kappa shape index (κ1) is 14.5. The Balaban J connectivity index is 2.13. The van der Waals surface area contributed by atoms with Crippen LogP contribution in [0, 0.1) is 24.1 Å². The van der Waals surface area contributed by atoms with Crippen LogP contribution in [0.1, 0.15) is 27.0 Å². The maximum Gasteiger partial charge on any atom is 0.338 e. The Hall–Kier alpha value is -2.87. The van der Waals surface area contributed by atoms with Gasteiger partial charge in [0, 0.05) is 5.69 Å². The van der Waals surface area contributed by atoms with E-state index in [9.17, 15) is 9.18 Å². The smallest absolute Gasteiger partial charge is 0.338 e. The number of nitrogen functional groups attached to an aromatic ring is 1. The molecule has 0 fully saturated rings. The summed E-state index contributed by atoms with van der Waals surface area (Å²) in [5.41, 5.74) is 7.81. The molecule has 0 aliphatic carbocycles. The molecule has 0 unspecified atom stereocenters. The van der Waals surface area contributed by atoms with Crippen molar-refractivity contribution in [2.24, 2.45) is 0 Å². The highest BCUT2D eigenvalue weighted by Crippen LogP contribution is 2.15. The zero-order valence-electron chi connectivity index (χ0n) is 11.4. The van der Waals surface area contributed by atoms with E-state index in [1.807, 2.05) is 6.07 Å². The largest absolute Gasteiger partial charge is 0.457 e. The number of benzene rings is 2. The van der Waals surface area contributed by atoms with E-state index in [0.717, 1.165) is 11.6 Å². The SMILES string of the molecule is Cc1ccc(N)cc1C(=O)OCc1cc(F)cc(C#N)c1. The van der Waals surface area contributed by atoms with Crippen molar-refractivity contribution in [3.05, 3.63) is 64.5 Å². The summed E-state index contributed by atoms with van der Waals surface area (Å²) >= 11 is 0. The Bertz CT molecular complexity index is 736. The van der Waals surface area contributed by atoms with Crippen LogP contribution in [0.3, 0.4) is 0 Å². The summed E-state index contributed by atoms with van der Waals surface area (Å²) < 4.78 is 18.4. The minimum absolute atomic E-state index is 0.112. The molecule has 0 bridgehead atoms.